The van der Waals surface area contributed by atoms with Crippen molar-refractivity contribution in [2.75, 3.05) is 0 Å². The molecular weight excluding hydrogens is 202 g/mol. The van der Waals surface area contributed by atoms with Crippen LogP contribution in [0.3, 0.4) is 0 Å². The smallest absolute Gasteiger partial charge is 0.158 e. The Morgan fingerprint density at radius 3 is 2.50 bits per heavy atom. The lowest BCUT2D eigenvalue weighted by Gasteiger charge is -2.31. The van der Waals surface area contributed by atoms with E-state index < -0.39 is 5.54 Å². The maximum Gasteiger partial charge on any atom is 0.158 e. The van der Waals surface area contributed by atoms with Crippen LogP contribution in [0.5, 0.6) is 0 Å². The van der Waals surface area contributed by atoms with Crippen molar-refractivity contribution in [3.8, 4) is 0 Å². The molecule has 0 saturated heterocycles. The van der Waals surface area contributed by atoms with E-state index in [1.807, 2.05) is 19.9 Å². The fraction of sp³-hybridized carbons (Fsp3) is 0.364. The normalized spacial score (nSPS) is 25.6. The minimum Gasteiger partial charge on any atom is -0.399 e. The van der Waals surface area contributed by atoms with E-state index in [1.54, 1.807) is 0 Å². The predicted octanol–water partition coefficient (Wildman–Crippen LogP) is 0.609. The summed E-state index contributed by atoms with van der Waals surface area (Å²) in [7, 11) is 0. The molecule has 1 heterocycles. The fourth-order valence-corrected chi connectivity index (χ4v) is 1.75. The Kier molecular flexibility index (Phi) is 2.47. The van der Waals surface area contributed by atoms with Gasteiger partial charge in [-0.05, 0) is 31.9 Å². The average Bonchev–Trinajstić information content (AvgIpc) is 2.26. The molecule has 0 fully saturated rings. The van der Waals surface area contributed by atoms with Gasteiger partial charge in [-0.25, -0.2) is 15.0 Å². The highest BCUT2D eigenvalue weighted by Crippen LogP contribution is 2.32. The van der Waals surface area contributed by atoms with Crippen LogP contribution in [0.4, 0.5) is 0 Å². The summed E-state index contributed by atoms with van der Waals surface area (Å²) in [5, 5.41) is 0. The second-order valence-electron chi connectivity index (χ2n) is 4.31. The summed E-state index contributed by atoms with van der Waals surface area (Å²) in [5.41, 5.74) is 14.4. The Hall–Kier alpha value is -1.75. The summed E-state index contributed by atoms with van der Waals surface area (Å²) in [4.78, 5) is 12.0. The molecule has 1 atom stereocenters. The van der Waals surface area contributed by atoms with Crippen LogP contribution in [0, 0.1) is 0 Å². The van der Waals surface area contributed by atoms with Crippen LogP contribution >= 0.6 is 0 Å². The van der Waals surface area contributed by atoms with Gasteiger partial charge in [0.05, 0.1) is 0 Å². The molecule has 0 aromatic carbocycles. The molecule has 1 aliphatic carbocycles. The van der Waals surface area contributed by atoms with Crippen LogP contribution in [0.1, 0.15) is 26.1 Å². The van der Waals surface area contributed by atoms with Gasteiger partial charge in [-0.15, -0.1) is 0 Å². The Bertz CT molecular complexity index is 459. The van der Waals surface area contributed by atoms with Gasteiger partial charge < -0.3 is 11.5 Å². The molecule has 1 aromatic rings. The molecule has 84 valence electrons. The van der Waals surface area contributed by atoms with E-state index in [9.17, 15) is 0 Å². The van der Waals surface area contributed by atoms with Gasteiger partial charge in [0.1, 0.15) is 12.7 Å². The fourth-order valence-electron chi connectivity index (χ4n) is 1.75. The van der Waals surface area contributed by atoms with Crippen molar-refractivity contribution in [1.29, 1.82) is 0 Å². The van der Waals surface area contributed by atoms with Gasteiger partial charge >= 0.3 is 0 Å². The summed E-state index contributed by atoms with van der Waals surface area (Å²) < 4.78 is 0. The molecule has 5 nitrogen and oxygen atoms in total. The maximum atomic E-state index is 6.19. The molecule has 4 N–H and O–H groups in total. The minimum atomic E-state index is -0.430. The number of hydrogen-bond acceptors (Lipinski definition) is 5. The van der Waals surface area contributed by atoms with Gasteiger partial charge in [-0.2, -0.15) is 0 Å². The van der Waals surface area contributed by atoms with Crippen molar-refractivity contribution in [2.24, 2.45) is 11.5 Å². The average molecular weight is 217 g/mol. The van der Waals surface area contributed by atoms with E-state index in [0.717, 1.165) is 11.1 Å². The number of allylic oxidation sites excluding steroid dienone is 1. The quantitative estimate of drug-likeness (QED) is 0.719. The Morgan fingerprint density at radius 2 is 1.94 bits per heavy atom. The number of aromatic nitrogens is 3. The highest BCUT2D eigenvalue weighted by atomic mass is 15.0. The highest BCUT2D eigenvalue weighted by molar-refractivity contribution is 5.67. The molecule has 1 unspecified atom stereocenters. The van der Waals surface area contributed by atoms with Crippen LogP contribution < -0.4 is 11.5 Å². The van der Waals surface area contributed by atoms with Crippen molar-refractivity contribution >= 4 is 5.57 Å². The number of nitrogens with zero attached hydrogens (tertiary/aromatic N) is 3. The largest absolute Gasteiger partial charge is 0.399 e. The van der Waals surface area contributed by atoms with Gasteiger partial charge in [0.25, 0.3) is 0 Å². The molecule has 2 rings (SSSR count). The van der Waals surface area contributed by atoms with Gasteiger partial charge in [0.15, 0.2) is 5.82 Å². The van der Waals surface area contributed by atoms with Crippen LogP contribution in [0.15, 0.2) is 30.0 Å². The standard InChI is InChI=1S/C11H15N5/c1-7-9(12)3-8(4-11(7,2)13)10-15-5-14-6-16-10/h3,5-6H,4,12-13H2,1-2H3. The zero-order valence-corrected chi connectivity index (χ0v) is 9.44. The second kappa shape index (κ2) is 3.68. The Labute approximate surface area is 94.3 Å². The summed E-state index contributed by atoms with van der Waals surface area (Å²) in [6.07, 6.45) is 5.51. The lowest BCUT2D eigenvalue weighted by molar-refractivity contribution is 0.552. The maximum absolute atomic E-state index is 6.19. The molecule has 0 bridgehead atoms. The van der Waals surface area contributed by atoms with E-state index >= 15 is 0 Å². The van der Waals surface area contributed by atoms with Crippen molar-refractivity contribution in [1.82, 2.24) is 15.0 Å². The molecule has 16 heavy (non-hydrogen) atoms. The zero-order valence-electron chi connectivity index (χ0n) is 9.44. The Morgan fingerprint density at radius 1 is 1.31 bits per heavy atom. The summed E-state index contributed by atoms with van der Waals surface area (Å²) in [5.74, 6) is 0.641. The molecule has 0 aliphatic heterocycles. The molecule has 1 aromatic heterocycles. The number of hydrogen-bond donors (Lipinski definition) is 2. The lowest BCUT2D eigenvalue weighted by atomic mass is 9.81. The first-order valence-electron chi connectivity index (χ1n) is 5.09. The molecule has 0 spiro atoms. The topological polar surface area (TPSA) is 90.7 Å². The van der Waals surface area contributed by atoms with Crippen molar-refractivity contribution in [2.45, 2.75) is 25.8 Å². The second-order valence-corrected chi connectivity index (χ2v) is 4.31. The number of rotatable bonds is 1. The summed E-state index contributed by atoms with van der Waals surface area (Å²) in [6.45, 7) is 3.92. The van der Waals surface area contributed by atoms with Gasteiger partial charge in [0, 0.05) is 16.8 Å². The summed E-state index contributed by atoms with van der Waals surface area (Å²) >= 11 is 0. The highest BCUT2D eigenvalue weighted by Gasteiger charge is 2.29. The molecule has 0 radical (unpaired) electrons. The van der Waals surface area contributed by atoms with E-state index in [-0.39, 0.29) is 0 Å². The molecule has 5 heteroatoms. The van der Waals surface area contributed by atoms with E-state index in [2.05, 4.69) is 15.0 Å². The number of nitrogens with two attached hydrogens (primary N) is 2. The van der Waals surface area contributed by atoms with Crippen molar-refractivity contribution in [3.05, 3.63) is 35.8 Å². The third-order valence-electron chi connectivity index (χ3n) is 2.96. The first kappa shape index (κ1) is 10.8. The molecule has 1 aliphatic rings. The van der Waals surface area contributed by atoms with E-state index in [0.29, 0.717) is 17.9 Å². The molecule has 0 saturated carbocycles. The van der Waals surface area contributed by atoms with Gasteiger partial charge in [0.2, 0.25) is 0 Å². The minimum absolute atomic E-state index is 0.430. The Balaban J connectivity index is 2.44. The zero-order chi connectivity index (χ0) is 11.8. The third kappa shape index (κ3) is 1.81. The van der Waals surface area contributed by atoms with Gasteiger partial charge in [-0.1, -0.05) is 0 Å². The first-order valence-corrected chi connectivity index (χ1v) is 5.09. The summed E-state index contributed by atoms with van der Waals surface area (Å²) in [6, 6.07) is 0. The lowest BCUT2D eigenvalue weighted by Crippen LogP contribution is -2.41. The van der Waals surface area contributed by atoms with Crippen molar-refractivity contribution in [3.63, 3.8) is 0 Å². The SMILES string of the molecule is CC1=C(N)C=C(c2ncncn2)CC1(C)N. The first-order chi connectivity index (χ1) is 7.50. The third-order valence-corrected chi connectivity index (χ3v) is 2.96. The van der Waals surface area contributed by atoms with E-state index in [1.165, 1.54) is 12.7 Å². The van der Waals surface area contributed by atoms with Crippen LogP contribution in [0.25, 0.3) is 5.57 Å². The van der Waals surface area contributed by atoms with Gasteiger partial charge in [-0.3, -0.25) is 0 Å². The van der Waals surface area contributed by atoms with Crippen LogP contribution in [-0.4, -0.2) is 20.5 Å². The van der Waals surface area contributed by atoms with E-state index in [4.69, 9.17) is 11.5 Å². The van der Waals surface area contributed by atoms with Crippen molar-refractivity contribution < 1.29 is 0 Å². The van der Waals surface area contributed by atoms with Crippen LogP contribution in [0.2, 0.25) is 0 Å². The molecule has 0 amide bonds. The molecular formula is C11H15N5. The monoisotopic (exact) mass is 217 g/mol. The predicted molar refractivity (Wildman–Crippen MR) is 61.9 cm³/mol. The van der Waals surface area contributed by atoms with Crippen LogP contribution in [-0.2, 0) is 0 Å².